The zero-order valence-electron chi connectivity index (χ0n) is 9.54. The molecule has 0 spiro atoms. The van der Waals surface area contributed by atoms with Crippen molar-refractivity contribution in [2.45, 2.75) is 26.7 Å². The molecule has 1 aliphatic heterocycles. The molecule has 1 saturated heterocycles. The Morgan fingerprint density at radius 1 is 1.44 bits per heavy atom. The molecule has 4 heteroatoms. The minimum absolute atomic E-state index is 0.0668. The Morgan fingerprint density at radius 2 is 2.06 bits per heavy atom. The van der Waals surface area contributed by atoms with Crippen LogP contribution in [0.15, 0.2) is 0 Å². The summed E-state index contributed by atoms with van der Waals surface area (Å²) in [5, 5.41) is 10.0. The van der Waals surface area contributed by atoms with E-state index in [1.165, 1.54) is 24.2 Å². The van der Waals surface area contributed by atoms with Crippen molar-refractivity contribution in [3.05, 3.63) is 16.0 Å². The average molecular weight is 234 g/mol. The molecular weight excluding hydrogens is 220 g/mol. The Balaban J connectivity index is 2.51. The summed E-state index contributed by atoms with van der Waals surface area (Å²) in [6.07, 6.45) is 2.35. The van der Waals surface area contributed by atoms with E-state index < -0.39 is 0 Å². The van der Waals surface area contributed by atoms with Crippen LogP contribution in [-0.2, 0) is 0 Å². The third-order valence-electron chi connectivity index (χ3n) is 2.98. The van der Waals surface area contributed by atoms with Gasteiger partial charge in [-0.25, -0.2) is 0 Å². The summed E-state index contributed by atoms with van der Waals surface area (Å²) in [5.74, 6) is 0.0668. The molecule has 2 rings (SSSR count). The molecule has 0 N–H and O–H groups in total. The van der Waals surface area contributed by atoms with Crippen LogP contribution in [0.4, 0.5) is 5.00 Å². The van der Waals surface area contributed by atoms with Crippen LogP contribution in [0.1, 0.15) is 40.6 Å². The van der Waals surface area contributed by atoms with E-state index in [1.807, 2.05) is 6.92 Å². The zero-order valence-corrected chi connectivity index (χ0v) is 10.4. The minimum Gasteiger partial charge on any atom is -0.363 e. The first-order chi connectivity index (χ1) is 7.65. The highest BCUT2D eigenvalue weighted by Gasteiger charge is 2.24. The van der Waals surface area contributed by atoms with E-state index in [9.17, 15) is 4.79 Å². The molecule has 0 aliphatic carbocycles. The monoisotopic (exact) mass is 234 g/mol. The average Bonchev–Trinajstić information content (AvgIpc) is 2.83. The van der Waals surface area contributed by atoms with Gasteiger partial charge in [0.05, 0.1) is 5.56 Å². The Labute approximate surface area is 99.3 Å². The van der Waals surface area contributed by atoms with Gasteiger partial charge in [-0.1, -0.05) is 0 Å². The maximum Gasteiger partial charge on any atom is 0.163 e. The van der Waals surface area contributed by atoms with Gasteiger partial charge in [0.25, 0.3) is 0 Å². The van der Waals surface area contributed by atoms with E-state index in [4.69, 9.17) is 5.26 Å². The van der Waals surface area contributed by atoms with Gasteiger partial charge in [-0.2, -0.15) is 5.26 Å². The van der Waals surface area contributed by atoms with E-state index in [2.05, 4.69) is 11.0 Å². The number of nitrogens with zero attached hydrogens (tertiary/aromatic N) is 2. The highest BCUT2D eigenvalue weighted by Crippen LogP contribution is 2.37. The van der Waals surface area contributed by atoms with Crippen molar-refractivity contribution >= 4 is 22.1 Å². The number of hydrogen-bond donors (Lipinski definition) is 0. The number of carbonyl (C=O) groups excluding carboxylic acids is 1. The lowest BCUT2D eigenvalue weighted by Crippen LogP contribution is -2.18. The molecule has 16 heavy (non-hydrogen) atoms. The lowest BCUT2D eigenvalue weighted by atomic mass is 10.1. The van der Waals surface area contributed by atoms with Gasteiger partial charge in [-0.3, -0.25) is 4.79 Å². The van der Waals surface area contributed by atoms with Gasteiger partial charge in [0.2, 0.25) is 0 Å². The van der Waals surface area contributed by atoms with Crippen molar-refractivity contribution in [2.75, 3.05) is 18.0 Å². The predicted octanol–water partition coefficient (Wildman–Crippen LogP) is 2.73. The summed E-state index contributed by atoms with van der Waals surface area (Å²) in [6.45, 7) is 5.46. The molecule has 0 radical (unpaired) electrons. The summed E-state index contributed by atoms with van der Waals surface area (Å²) in [5.41, 5.74) is 1.60. The van der Waals surface area contributed by atoms with Crippen LogP contribution in [0.25, 0.3) is 0 Å². The fourth-order valence-electron chi connectivity index (χ4n) is 2.16. The molecule has 1 aromatic rings. The molecule has 1 fully saturated rings. The Kier molecular flexibility index (Phi) is 2.97. The van der Waals surface area contributed by atoms with Crippen LogP contribution in [0.3, 0.4) is 0 Å². The quantitative estimate of drug-likeness (QED) is 0.739. The van der Waals surface area contributed by atoms with Gasteiger partial charge < -0.3 is 4.90 Å². The second-order valence-corrected chi connectivity index (χ2v) is 5.10. The molecule has 0 aromatic carbocycles. The Morgan fingerprint density at radius 3 is 2.56 bits per heavy atom. The smallest absolute Gasteiger partial charge is 0.163 e. The molecule has 0 atom stereocenters. The first-order valence-corrected chi connectivity index (χ1v) is 6.26. The number of rotatable bonds is 2. The highest BCUT2D eigenvalue weighted by molar-refractivity contribution is 7.17. The highest BCUT2D eigenvalue weighted by atomic mass is 32.1. The fraction of sp³-hybridized carbons (Fsp3) is 0.500. The molecule has 1 aromatic heterocycles. The van der Waals surface area contributed by atoms with Crippen LogP contribution >= 0.6 is 11.3 Å². The van der Waals surface area contributed by atoms with E-state index in [0.717, 1.165) is 29.2 Å². The molecule has 3 nitrogen and oxygen atoms in total. The van der Waals surface area contributed by atoms with Gasteiger partial charge >= 0.3 is 0 Å². The number of nitriles is 1. The number of Topliss-reactive ketones (excluding diaryl/α,β-unsaturated/α-hetero) is 1. The molecule has 84 valence electrons. The predicted molar refractivity (Wildman–Crippen MR) is 65.2 cm³/mol. The van der Waals surface area contributed by atoms with Crippen molar-refractivity contribution in [1.82, 2.24) is 0 Å². The molecule has 2 heterocycles. The molecule has 1 aliphatic rings. The summed E-state index contributed by atoms with van der Waals surface area (Å²) in [7, 11) is 0. The van der Waals surface area contributed by atoms with Crippen LogP contribution in [0.2, 0.25) is 0 Å². The first kappa shape index (κ1) is 11.2. The topological polar surface area (TPSA) is 44.1 Å². The van der Waals surface area contributed by atoms with Gasteiger partial charge in [0, 0.05) is 13.1 Å². The number of carbonyl (C=O) groups is 1. The normalized spacial score (nSPS) is 15.2. The summed E-state index contributed by atoms with van der Waals surface area (Å²) < 4.78 is 0. The Bertz CT molecular complexity index is 464. The standard InChI is InChI=1S/C12H14N2OS/c1-8-10(7-13)16-12(11(8)9(2)15)14-5-3-4-6-14/h3-6H2,1-2H3. The summed E-state index contributed by atoms with van der Waals surface area (Å²) in [6, 6.07) is 2.17. The molecular formula is C12H14N2OS. The van der Waals surface area contributed by atoms with Crippen LogP contribution in [-0.4, -0.2) is 18.9 Å². The summed E-state index contributed by atoms with van der Waals surface area (Å²) >= 11 is 1.46. The second kappa shape index (κ2) is 4.26. The Hall–Kier alpha value is -1.34. The molecule has 0 bridgehead atoms. The van der Waals surface area contributed by atoms with E-state index in [-0.39, 0.29) is 5.78 Å². The maximum atomic E-state index is 11.6. The molecule has 0 saturated carbocycles. The zero-order chi connectivity index (χ0) is 11.7. The lowest BCUT2D eigenvalue weighted by molar-refractivity contribution is 0.101. The SMILES string of the molecule is CC(=O)c1c(N2CCCC2)sc(C#N)c1C. The first-order valence-electron chi connectivity index (χ1n) is 5.44. The van der Waals surface area contributed by atoms with E-state index >= 15 is 0 Å². The van der Waals surface area contributed by atoms with Gasteiger partial charge in [0.1, 0.15) is 15.9 Å². The minimum atomic E-state index is 0.0668. The number of ketones is 1. The van der Waals surface area contributed by atoms with Crippen LogP contribution in [0, 0.1) is 18.3 Å². The van der Waals surface area contributed by atoms with Gasteiger partial charge in [-0.05, 0) is 32.3 Å². The number of hydrogen-bond acceptors (Lipinski definition) is 4. The van der Waals surface area contributed by atoms with Crippen molar-refractivity contribution in [1.29, 1.82) is 5.26 Å². The third-order valence-corrected chi connectivity index (χ3v) is 4.23. The van der Waals surface area contributed by atoms with E-state index in [1.54, 1.807) is 6.92 Å². The van der Waals surface area contributed by atoms with Gasteiger partial charge in [0.15, 0.2) is 5.78 Å². The van der Waals surface area contributed by atoms with Crippen molar-refractivity contribution in [3.8, 4) is 6.07 Å². The number of anilines is 1. The van der Waals surface area contributed by atoms with Crippen LogP contribution in [0.5, 0.6) is 0 Å². The lowest BCUT2D eigenvalue weighted by Gasteiger charge is -2.16. The summed E-state index contributed by atoms with van der Waals surface area (Å²) in [4.78, 5) is 14.5. The maximum absolute atomic E-state index is 11.6. The number of thiophene rings is 1. The van der Waals surface area contributed by atoms with E-state index in [0.29, 0.717) is 4.88 Å². The molecule has 0 unspecified atom stereocenters. The third kappa shape index (κ3) is 1.72. The molecule has 0 amide bonds. The van der Waals surface area contributed by atoms with Crippen LogP contribution < -0.4 is 4.90 Å². The van der Waals surface area contributed by atoms with Crippen molar-refractivity contribution < 1.29 is 4.79 Å². The largest absolute Gasteiger partial charge is 0.363 e. The van der Waals surface area contributed by atoms with Gasteiger partial charge in [-0.15, -0.1) is 11.3 Å². The van der Waals surface area contributed by atoms with Crippen molar-refractivity contribution in [3.63, 3.8) is 0 Å². The second-order valence-electron chi connectivity index (χ2n) is 4.10. The van der Waals surface area contributed by atoms with Crippen molar-refractivity contribution in [2.24, 2.45) is 0 Å². The fourth-order valence-corrected chi connectivity index (χ4v) is 3.37.